The van der Waals surface area contributed by atoms with Crippen LogP contribution >= 0.6 is 0 Å². The zero-order chi connectivity index (χ0) is 12.5. The minimum atomic E-state index is -5.84. The molecular weight excluding hydrogens is 236 g/mol. The van der Waals surface area contributed by atoms with Gasteiger partial charge in [-0.05, 0) is 6.92 Å². The van der Waals surface area contributed by atoms with Crippen molar-refractivity contribution in [2.24, 2.45) is 0 Å². The van der Waals surface area contributed by atoms with Gasteiger partial charge in [-0.15, -0.1) is 0 Å². The first-order valence-electron chi connectivity index (χ1n) is 3.69. The van der Waals surface area contributed by atoms with Gasteiger partial charge in [0.2, 0.25) is 6.43 Å². The molecule has 0 nitrogen and oxygen atoms in total. The van der Waals surface area contributed by atoms with E-state index in [4.69, 9.17) is 0 Å². The van der Waals surface area contributed by atoms with Gasteiger partial charge in [0.15, 0.2) is 0 Å². The highest BCUT2D eigenvalue weighted by Crippen LogP contribution is 2.49. The molecule has 0 unspecified atom stereocenters. The molecule has 0 aromatic rings. The van der Waals surface area contributed by atoms with Crippen LogP contribution in [0.3, 0.4) is 0 Å². The number of alkyl halides is 8. The van der Waals surface area contributed by atoms with Crippen LogP contribution in [0.1, 0.15) is 12.8 Å². The summed E-state index contributed by atoms with van der Waals surface area (Å²) in [6, 6.07) is 0. The molecule has 0 aliphatic heterocycles. The lowest BCUT2D eigenvalue weighted by atomic mass is 10.00. The van der Waals surface area contributed by atoms with E-state index >= 15 is 0 Å². The molecule has 1 radical (unpaired) electrons. The number of halogens is 8. The Hall–Kier alpha value is -0.560. The fraction of sp³-hybridized carbons (Fsp3) is 0.857. The predicted molar refractivity (Wildman–Crippen MR) is 35.4 cm³/mol. The standard InChI is InChI=1S/C7H7F8/c1-2-5(10,11)7(14,15)6(12,13)3-4(8)9/h4H,1-3H2. The monoisotopic (exact) mass is 243 g/mol. The summed E-state index contributed by atoms with van der Waals surface area (Å²) in [5.41, 5.74) is 0. The van der Waals surface area contributed by atoms with Crippen LogP contribution in [-0.2, 0) is 0 Å². The van der Waals surface area contributed by atoms with Crippen molar-refractivity contribution in [3.8, 4) is 0 Å². The Morgan fingerprint density at radius 1 is 0.867 bits per heavy atom. The van der Waals surface area contributed by atoms with Crippen molar-refractivity contribution >= 4 is 0 Å². The second kappa shape index (κ2) is 4.13. The molecular formula is C7H7F8. The fourth-order valence-electron chi connectivity index (χ4n) is 0.747. The molecule has 0 heterocycles. The molecule has 0 amide bonds. The molecule has 91 valence electrons. The van der Waals surface area contributed by atoms with Crippen LogP contribution in [-0.4, -0.2) is 24.2 Å². The fourth-order valence-corrected chi connectivity index (χ4v) is 0.747. The Morgan fingerprint density at radius 3 is 1.53 bits per heavy atom. The molecule has 0 aliphatic rings. The molecule has 0 N–H and O–H groups in total. The molecule has 0 saturated carbocycles. The van der Waals surface area contributed by atoms with E-state index in [-0.39, 0.29) is 0 Å². The molecule has 8 heteroatoms. The van der Waals surface area contributed by atoms with Gasteiger partial charge in [0.05, 0.1) is 6.42 Å². The Bertz CT molecular complexity index is 209. The Kier molecular flexibility index (Phi) is 3.98. The van der Waals surface area contributed by atoms with E-state index in [0.717, 1.165) is 0 Å². The van der Waals surface area contributed by atoms with Gasteiger partial charge in [-0.25, -0.2) is 8.78 Å². The summed E-state index contributed by atoms with van der Waals surface area (Å²) >= 11 is 0. The first-order valence-corrected chi connectivity index (χ1v) is 3.69. The number of hydrogen-bond donors (Lipinski definition) is 0. The minimum absolute atomic E-state index is 1.81. The lowest BCUT2D eigenvalue weighted by Gasteiger charge is -2.32. The minimum Gasteiger partial charge on any atom is -0.210 e. The van der Waals surface area contributed by atoms with Crippen LogP contribution in [0.5, 0.6) is 0 Å². The highest BCUT2D eigenvalue weighted by molar-refractivity contribution is 4.96. The van der Waals surface area contributed by atoms with E-state index < -0.39 is 37.0 Å². The zero-order valence-electron chi connectivity index (χ0n) is 7.22. The zero-order valence-corrected chi connectivity index (χ0v) is 7.22. The molecule has 0 atom stereocenters. The summed E-state index contributed by atoms with van der Waals surface area (Å²) in [7, 11) is 0. The molecule has 0 aromatic carbocycles. The topological polar surface area (TPSA) is 0 Å². The average molecular weight is 243 g/mol. The van der Waals surface area contributed by atoms with Crippen LogP contribution in [0.4, 0.5) is 35.1 Å². The summed E-state index contributed by atoms with van der Waals surface area (Å²) in [6.45, 7) is 2.37. The number of rotatable bonds is 5. The van der Waals surface area contributed by atoms with Crippen molar-refractivity contribution in [2.45, 2.75) is 37.0 Å². The molecule has 0 saturated heterocycles. The summed E-state index contributed by atoms with van der Waals surface area (Å²) in [4.78, 5) is 0. The third-order valence-corrected chi connectivity index (χ3v) is 1.64. The molecule has 0 aromatic heterocycles. The van der Waals surface area contributed by atoms with Crippen molar-refractivity contribution in [2.75, 3.05) is 0 Å². The lowest BCUT2D eigenvalue weighted by Crippen LogP contribution is -2.54. The molecule has 0 bridgehead atoms. The number of hydrogen-bond acceptors (Lipinski definition) is 0. The Balaban J connectivity index is 5.00. The van der Waals surface area contributed by atoms with Crippen molar-refractivity contribution in [1.82, 2.24) is 0 Å². The first-order chi connectivity index (χ1) is 6.48. The molecule has 15 heavy (non-hydrogen) atoms. The molecule has 0 spiro atoms. The lowest BCUT2D eigenvalue weighted by molar-refractivity contribution is -0.314. The van der Waals surface area contributed by atoms with E-state index in [1.807, 2.05) is 0 Å². The highest BCUT2D eigenvalue weighted by Gasteiger charge is 2.70. The van der Waals surface area contributed by atoms with Gasteiger partial charge in [0.25, 0.3) is 0 Å². The van der Waals surface area contributed by atoms with Gasteiger partial charge < -0.3 is 0 Å². The summed E-state index contributed by atoms with van der Waals surface area (Å²) in [5.74, 6) is -16.4. The normalized spacial score (nSPS) is 14.8. The van der Waals surface area contributed by atoms with E-state index in [2.05, 4.69) is 6.92 Å². The van der Waals surface area contributed by atoms with E-state index in [1.165, 1.54) is 0 Å². The van der Waals surface area contributed by atoms with Crippen LogP contribution < -0.4 is 0 Å². The molecule has 0 aliphatic carbocycles. The Morgan fingerprint density at radius 2 is 1.27 bits per heavy atom. The van der Waals surface area contributed by atoms with Crippen molar-refractivity contribution < 1.29 is 35.1 Å². The van der Waals surface area contributed by atoms with Crippen LogP contribution in [0.15, 0.2) is 0 Å². The third-order valence-electron chi connectivity index (χ3n) is 1.64. The van der Waals surface area contributed by atoms with Crippen molar-refractivity contribution in [3.05, 3.63) is 6.92 Å². The molecule has 0 fully saturated rings. The van der Waals surface area contributed by atoms with Gasteiger partial charge in [-0.2, -0.15) is 26.3 Å². The first kappa shape index (κ1) is 14.4. The van der Waals surface area contributed by atoms with Gasteiger partial charge in [-0.3, -0.25) is 0 Å². The highest BCUT2D eigenvalue weighted by atomic mass is 19.3. The van der Waals surface area contributed by atoms with Gasteiger partial charge in [0, 0.05) is 6.42 Å². The van der Waals surface area contributed by atoms with Crippen molar-refractivity contribution in [1.29, 1.82) is 0 Å². The van der Waals surface area contributed by atoms with Gasteiger partial charge in [-0.1, -0.05) is 0 Å². The largest absolute Gasteiger partial charge is 0.372 e. The smallest absolute Gasteiger partial charge is 0.210 e. The summed E-state index contributed by atoms with van der Waals surface area (Å²) in [5, 5.41) is 0. The van der Waals surface area contributed by atoms with E-state index in [0.29, 0.717) is 0 Å². The summed E-state index contributed by atoms with van der Waals surface area (Å²) < 4.78 is 97.4. The van der Waals surface area contributed by atoms with Crippen molar-refractivity contribution in [3.63, 3.8) is 0 Å². The summed E-state index contributed by atoms with van der Waals surface area (Å²) in [6.07, 6.45) is -8.22. The maximum absolute atomic E-state index is 12.5. The van der Waals surface area contributed by atoms with Crippen LogP contribution in [0, 0.1) is 6.92 Å². The van der Waals surface area contributed by atoms with Gasteiger partial charge in [0.1, 0.15) is 0 Å². The second-order valence-corrected chi connectivity index (χ2v) is 2.83. The SMILES string of the molecule is [CH2]CC(F)(F)C(F)(F)C(F)(F)CC(F)F. The second-order valence-electron chi connectivity index (χ2n) is 2.83. The third kappa shape index (κ3) is 2.72. The maximum Gasteiger partial charge on any atom is 0.372 e. The van der Waals surface area contributed by atoms with Gasteiger partial charge >= 0.3 is 17.8 Å². The molecule has 0 rings (SSSR count). The predicted octanol–water partition coefficient (Wildman–Crippen LogP) is 3.77. The van der Waals surface area contributed by atoms with E-state index in [1.54, 1.807) is 0 Å². The van der Waals surface area contributed by atoms with Crippen LogP contribution in [0.2, 0.25) is 0 Å². The Labute approximate surface area is 80.3 Å². The van der Waals surface area contributed by atoms with E-state index in [9.17, 15) is 35.1 Å². The quantitative estimate of drug-likeness (QED) is 0.645. The van der Waals surface area contributed by atoms with Crippen LogP contribution in [0.25, 0.3) is 0 Å². The average Bonchev–Trinajstić information content (AvgIpc) is 2.01. The maximum atomic E-state index is 12.5.